The molecular formula is C28H32N4O4. The van der Waals surface area contributed by atoms with Crippen LogP contribution in [0.3, 0.4) is 0 Å². The Morgan fingerprint density at radius 2 is 1.67 bits per heavy atom. The smallest absolute Gasteiger partial charge is 0.250 e. The fourth-order valence-electron chi connectivity index (χ4n) is 6.12. The number of hydrogen-bond donors (Lipinski definition) is 1. The van der Waals surface area contributed by atoms with Gasteiger partial charge in [0, 0.05) is 75.2 Å². The number of piperazine rings is 1. The van der Waals surface area contributed by atoms with Crippen molar-refractivity contribution in [3.8, 4) is 5.75 Å². The minimum absolute atomic E-state index is 0.0782. The minimum Gasteiger partial charge on any atom is -0.502 e. The lowest BCUT2D eigenvalue weighted by molar-refractivity contribution is 0.105. The van der Waals surface area contributed by atoms with Crippen molar-refractivity contribution in [2.24, 2.45) is 5.92 Å². The van der Waals surface area contributed by atoms with Crippen LogP contribution in [0.1, 0.15) is 29.6 Å². The van der Waals surface area contributed by atoms with Crippen molar-refractivity contribution in [3.63, 3.8) is 0 Å². The molecule has 3 aliphatic rings. The second kappa shape index (κ2) is 9.59. The SMILES string of the molecule is O=c1cc(CN2C[C@@H]3C[C@H](C2)c2cccc(=O)n2C3)oc(CN2CCN(c3ccccc3)CC2)c1O. The molecule has 3 aliphatic heterocycles. The van der Waals surface area contributed by atoms with E-state index in [-0.39, 0.29) is 16.7 Å². The maximum absolute atomic E-state index is 12.6. The van der Waals surface area contributed by atoms with E-state index in [0.717, 1.165) is 57.9 Å². The van der Waals surface area contributed by atoms with Gasteiger partial charge in [0.05, 0.1) is 13.1 Å². The highest BCUT2D eigenvalue weighted by Gasteiger charge is 2.34. The topological polar surface area (TPSA) is 82.2 Å². The van der Waals surface area contributed by atoms with Crippen molar-refractivity contribution in [1.82, 2.24) is 14.4 Å². The lowest BCUT2D eigenvalue weighted by Gasteiger charge is -2.42. The van der Waals surface area contributed by atoms with Crippen LogP contribution in [0.4, 0.5) is 5.69 Å². The Bertz CT molecular complexity index is 1340. The molecule has 0 radical (unpaired) electrons. The molecule has 2 bridgehead atoms. The van der Waals surface area contributed by atoms with Crippen LogP contribution in [-0.4, -0.2) is 58.7 Å². The second-order valence-corrected chi connectivity index (χ2v) is 10.3. The van der Waals surface area contributed by atoms with E-state index in [1.165, 1.54) is 11.8 Å². The minimum atomic E-state index is -0.386. The molecule has 1 aromatic carbocycles. The van der Waals surface area contributed by atoms with E-state index in [0.29, 0.717) is 36.4 Å². The van der Waals surface area contributed by atoms with Crippen molar-refractivity contribution >= 4 is 5.69 Å². The van der Waals surface area contributed by atoms with E-state index >= 15 is 0 Å². The number of rotatable bonds is 5. The lowest BCUT2D eigenvalue weighted by atomic mass is 9.83. The number of aromatic nitrogens is 1. The van der Waals surface area contributed by atoms with Crippen LogP contribution in [0.5, 0.6) is 5.75 Å². The van der Waals surface area contributed by atoms with Crippen LogP contribution in [0.25, 0.3) is 0 Å². The predicted octanol–water partition coefficient (Wildman–Crippen LogP) is 2.45. The average molecular weight is 489 g/mol. The quantitative estimate of drug-likeness (QED) is 0.591. The van der Waals surface area contributed by atoms with E-state index in [2.05, 4.69) is 32.9 Å². The Labute approximate surface area is 210 Å². The molecular weight excluding hydrogens is 456 g/mol. The normalized spacial score (nSPS) is 22.4. The molecule has 8 heteroatoms. The summed E-state index contributed by atoms with van der Waals surface area (Å²) in [6, 6.07) is 17.3. The van der Waals surface area contributed by atoms with Gasteiger partial charge in [-0.15, -0.1) is 0 Å². The molecule has 1 N–H and O–H groups in total. The summed E-state index contributed by atoms with van der Waals surface area (Å²) >= 11 is 0. The third kappa shape index (κ3) is 4.58. The van der Waals surface area contributed by atoms with Crippen LogP contribution in [0.2, 0.25) is 0 Å². The zero-order chi connectivity index (χ0) is 24.6. The molecule has 5 heterocycles. The molecule has 3 aromatic rings. The highest BCUT2D eigenvalue weighted by molar-refractivity contribution is 5.46. The molecule has 0 amide bonds. The fourth-order valence-corrected chi connectivity index (χ4v) is 6.12. The molecule has 6 rings (SSSR count). The maximum atomic E-state index is 12.6. The van der Waals surface area contributed by atoms with Crippen LogP contribution in [0.15, 0.2) is 68.6 Å². The Hall–Kier alpha value is -3.36. The highest BCUT2D eigenvalue weighted by Crippen LogP contribution is 2.35. The summed E-state index contributed by atoms with van der Waals surface area (Å²) in [5.74, 6) is 1.35. The van der Waals surface area contributed by atoms with Crippen molar-refractivity contribution in [2.75, 3.05) is 44.2 Å². The molecule has 0 aliphatic carbocycles. The van der Waals surface area contributed by atoms with Crippen molar-refractivity contribution < 1.29 is 9.52 Å². The first-order valence-electron chi connectivity index (χ1n) is 12.8. The Morgan fingerprint density at radius 3 is 2.47 bits per heavy atom. The summed E-state index contributed by atoms with van der Waals surface area (Å²) in [5.41, 5.74) is 2.01. The number of piperidine rings is 1. The monoisotopic (exact) mass is 488 g/mol. The Morgan fingerprint density at radius 1 is 0.861 bits per heavy atom. The van der Waals surface area contributed by atoms with Crippen LogP contribution in [0, 0.1) is 5.92 Å². The van der Waals surface area contributed by atoms with E-state index in [9.17, 15) is 14.7 Å². The molecule has 0 saturated carbocycles. The number of pyridine rings is 1. The summed E-state index contributed by atoms with van der Waals surface area (Å²) in [6.07, 6.45) is 1.08. The van der Waals surface area contributed by atoms with Gasteiger partial charge in [-0.1, -0.05) is 24.3 Å². The number of para-hydroxylation sites is 1. The standard InChI is InChI=1S/C28H32N4O4/c33-25-14-23(18-30-15-20-13-21(17-30)24-7-4-8-27(34)32(24)16-20)36-26(28(25)35)19-29-9-11-31(12-10-29)22-5-2-1-3-6-22/h1-8,14,20-21,35H,9-13,15-19H2/t20-,21+/m0/s1. The summed E-state index contributed by atoms with van der Waals surface area (Å²) in [5, 5.41) is 10.5. The molecule has 2 saturated heterocycles. The number of hydrogen-bond acceptors (Lipinski definition) is 7. The fraction of sp³-hybridized carbons (Fsp3) is 0.429. The number of aromatic hydroxyl groups is 1. The first-order valence-corrected chi connectivity index (χ1v) is 12.8. The molecule has 2 atom stereocenters. The molecule has 2 aromatic heterocycles. The molecule has 0 unspecified atom stereocenters. The van der Waals surface area contributed by atoms with Gasteiger partial charge in [0.1, 0.15) is 5.76 Å². The lowest BCUT2D eigenvalue weighted by Crippen LogP contribution is -2.46. The highest BCUT2D eigenvalue weighted by atomic mass is 16.4. The number of anilines is 1. The van der Waals surface area contributed by atoms with E-state index in [1.807, 2.05) is 28.8 Å². The summed E-state index contributed by atoms with van der Waals surface area (Å²) in [4.78, 5) is 31.8. The number of likely N-dealkylation sites (tertiary alicyclic amines) is 1. The maximum Gasteiger partial charge on any atom is 0.250 e. The first-order chi connectivity index (χ1) is 17.5. The van der Waals surface area contributed by atoms with Gasteiger partial charge in [-0.25, -0.2) is 0 Å². The van der Waals surface area contributed by atoms with Crippen LogP contribution < -0.4 is 15.9 Å². The first kappa shape index (κ1) is 23.1. The van der Waals surface area contributed by atoms with Gasteiger partial charge in [0.15, 0.2) is 5.76 Å². The van der Waals surface area contributed by atoms with E-state index in [4.69, 9.17) is 4.42 Å². The molecule has 0 spiro atoms. The Kier molecular flexibility index (Phi) is 6.15. The van der Waals surface area contributed by atoms with E-state index in [1.54, 1.807) is 6.07 Å². The Balaban J connectivity index is 1.13. The third-order valence-electron chi connectivity index (χ3n) is 7.84. The molecule has 2 fully saturated rings. The number of benzene rings is 1. The van der Waals surface area contributed by atoms with Crippen molar-refractivity contribution in [2.45, 2.75) is 32.0 Å². The van der Waals surface area contributed by atoms with E-state index < -0.39 is 0 Å². The predicted molar refractivity (Wildman–Crippen MR) is 137 cm³/mol. The van der Waals surface area contributed by atoms with Gasteiger partial charge in [-0.2, -0.15) is 0 Å². The van der Waals surface area contributed by atoms with Gasteiger partial charge in [0.25, 0.3) is 5.56 Å². The summed E-state index contributed by atoms with van der Waals surface area (Å²) in [6.45, 7) is 6.79. The summed E-state index contributed by atoms with van der Waals surface area (Å²) in [7, 11) is 0. The van der Waals surface area contributed by atoms with Crippen molar-refractivity contribution in [3.05, 3.63) is 92.4 Å². The number of fused-ring (bicyclic) bond motifs is 4. The summed E-state index contributed by atoms with van der Waals surface area (Å²) < 4.78 is 8.04. The second-order valence-electron chi connectivity index (χ2n) is 10.3. The van der Waals surface area contributed by atoms with Gasteiger partial charge >= 0.3 is 0 Å². The van der Waals surface area contributed by atoms with Gasteiger partial charge in [-0.3, -0.25) is 19.4 Å². The zero-order valence-corrected chi connectivity index (χ0v) is 20.4. The number of nitrogens with zero attached hydrogens (tertiary/aromatic N) is 4. The van der Waals surface area contributed by atoms with Gasteiger partial charge in [0.2, 0.25) is 11.2 Å². The van der Waals surface area contributed by atoms with Crippen LogP contribution in [-0.2, 0) is 19.6 Å². The molecule has 188 valence electrons. The van der Waals surface area contributed by atoms with Gasteiger partial charge < -0.3 is 19.0 Å². The molecule has 36 heavy (non-hydrogen) atoms. The molecule has 8 nitrogen and oxygen atoms in total. The van der Waals surface area contributed by atoms with Crippen molar-refractivity contribution in [1.29, 1.82) is 0 Å². The van der Waals surface area contributed by atoms with Gasteiger partial charge in [-0.05, 0) is 30.5 Å². The third-order valence-corrected chi connectivity index (χ3v) is 7.84. The largest absolute Gasteiger partial charge is 0.502 e. The zero-order valence-electron chi connectivity index (χ0n) is 20.4. The van der Waals surface area contributed by atoms with Crippen LogP contribution >= 0.6 is 0 Å². The average Bonchev–Trinajstić information content (AvgIpc) is 2.89.